The SMILES string of the molecule is Cc1nc(OCc2ccc(F)cc2F)c(Cl)c(=O)n1Cc1cccc(CNC(=O)CO)c1. The fourth-order valence-electron chi connectivity index (χ4n) is 2.96. The van der Waals surface area contributed by atoms with E-state index in [4.69, 9.17) is 21.4 Å². The molecule has 0 radical (unpaired) electrons. The molecular weight excluding hydrogens is 444 g/mol. The van der Waals surface area contributed by atoms with Crippen LogP contribution in [0.25, 0.3) is 0 Å². The van der Waals surface area contributed by atoms with E-state index in [1.54, 1.807) is 31.2 Å². The molecule has 7 nitrogen and oxygen atoms in total. The molecule has 1 aromatic heterocycles. The molecule has 1 amide bonds. The first-order valence-corrected chi connectivity index (χ1v) is 9.95. The molecule has 168 valence electrons. The molecule has 0 aliphatic carbocycles. The summed E-state index contributed by atoms with van der Waals surface area (Å²) in [5, 5.41) is 11.1. The van der Waals surface area contributed by atoms with Gasteiger partial charge in [-0.1, -0.05) is 35.9 Å². The molecule has 3 aromatic rings. The van der Waals surface area contributed by atoms with Gasteiger partial charge in [-0.15, -0.1) is 0 Å². The quantitative estimate of drug-likeness (QED) is 0.536. The number of amides is 1. The van der Waals surface area contributed by atoms with E-state index in [0.717, 1.165) is 23.3 Å². The summed E-state index contributed by atoms with van der Waals surface area (Å²) in [5.41, 5.74) is 1.12. The second-order valence-electron chi connectivity index (χ2n) is 6.95. The number of aromatic nitrogens is 2. The molecule has 1 heterocycles. The number of rotatable bonds is 8. The van der Waals surface area contributed by atoms with Crippen LogP contribution in [0.1, 0.15) is 22.5 Å². The van der Waals surface area contributed by atoms with E-state index < -0.39 is 29.7 Å². The minimum atomic E-state index is -0.777. The summed E-state index contributed by atoms with van der Waals surface area (Å²) >= 11 is 6.15. The summed E-state index contributed by atoms with van der Waals surface area (Å²) in [6, 6.07) is 10.3. The molecule has 0 aliphatic rings. The molecular formula is C22H20ClF2N3O4. The summed E-state index contributed by atoms with van der Waals surface area (Å²) < 4.78 is 33.6. The molecule has 0 atom stereocenters. The number of carbonyl (C=O) groups excluding carboxylic acids is 1. The van der Waals surface area contributed by atoms with E-state index in [2.05, 4.69) is 10.3 Å². The predicted octanol–water partition coefficient (Wildman–Crippen LogP) is 2.72. The van der Waals surface area contributed by atoms with Crippen LogP contribution in [0.3, 0.4) is 0 Å². The topological polar surface area (TPSA) is 93.5 Å². The van der Waals surface area contributed by atoms with Crippen molar-refractivity contribution in [1.82, 2.24) is 14.9 Å². The van der Waals surface area contributed by atoms with Gasteiger partial charge < -0.3 is 15.2 Å². The molecule has 0 saturated heterocycles. The highest BCUT2D eigenvalue weighted by Crippen LogP contribution is 2.21. The minimum Gasteiger partial charge on any atom is -0.471 e. The van der Waals surface area contributed by atoms with E-state index in [1.165, 1.54) is 10.6 Å². The summed E-state index contributed by atoms with van der Waals surface area (Å²) in [4.78, 5) is 28.2. The average molecular weight is 464 g/mol. The first-order chi connectivity index (χ1) is 15.3. The van der Waals surface area contributed by atoms with Crippen molar-refractivity contribution in [2.24, 2.45) is 0 Å². The van der Waals surface area contributed by atoms with Gasteiger partial charge in [0, 0.05) is 18.2 Å². The van der Waals surface area contributed by atoms with Crippen molar-refractivity contribution >= 4 is 17.5 Å². The number of aryl methyl sites for hydroxylation is 1. The lowest BCUT2D eigenvalue weighted by molar-refractivity contribution is -0.123. The zero-order valence-electron chi connectivity index (χ0n) is 17.1. The summed E-state index contributed by atoms with van der Waals surface area (Å²) in [7, 11) is 0. The average Bonchev–Trinajstić information content (AvgIpc) is 2.77. The van der Waals surface area contributed by atoms with Gasteiger partial charge in [0.05, 0.1) is 6.54 Å². The number of carbonyl (C=O) groups is 1. The van der Waals surface area contributed by atoms with Gasteiger partial charge in [0.1, 0.15) is 30.7 Å². The number of nitrogens with one attached hydrogen (secondary N) is 1. The van der Waals surface area contributed by atoms with E-state index in [9.17, 15) is 18.4 Å². The predicted molar refractivity (Wildman–Crippen MR) is 113 cm³/mol. The number of nitrogens with zero attached hydrogens (tertiary/aromatic N) is 2. The highest BCUT2D eigenvalue weighted by molar-refractivity contribution is 6.31. The Morgan fingerprint density at radius 3 is 2.69 bits per heavy atom. The maximum Gasteiger partial charge on any atom is 0.276 e. The third-order valence-electron chi connectivity index (χ3n) is 4.62. The van der Waals surface area contributed by atoms with Crippen molar-refractivity contribution in [1.29, 1.82) is 0 Å². The van der Waals surface area contributed by atoms with Crippen molar-refractivity contribution in [3.05, 3.63) is 92.0 Å². The van der Waals surface area contributed by atoms with Crippen molar-refractivity contribution in [3.63, 3.8) is 0 Å². The van der Waals surface area contributed by atoms with Crippen LogP contribution in [-0.4, -0.2) is 27.2 Å². The Hall–Kier alpha value is -3.30. The van der Waals surface area contributed by atoms with E-state index in [0.29, 0.717) is 5.82 Å². The molecule has 2 aromatic carbocycles. The van der Waals surface area contributed by atoms with Gasteiger partial charge >= 0.3 is 0 Å². The van der Waals surface area contributed by atoms with Crippen molar-refractivity contribution in [2.45, 2.75) is 26.6 Å². The summed E-state index contributed by atoms with van der Waals surface area (Å²) in [5.74, 6) is -1.79. The van der Waals surface area contributed by atoms with Crippen molar-refractivity contribution in [3.8, 4) is 5.88 Å². The van der Waals surface area contributed by atoms with Gasteiger partial charge in [-0.2, -0.15) is 4.98 Å². The molecule has 0 aliphatic heterocycles. The Kier molecular flexibility index (Phi) is 7.55. The fraction of sp³-hybridized carbons (Fsp3) is 0.227. The molecule has 32 heavy (non-hydrogen) atoms. The van der Waals surface area contributed by atoms with Crippen LogP contribution in [0.4, 0.5) is 8.78 Å². The molecule has 0 fully saturated rings. The number of hydrogen-bond donors (Lipinski definition) is 2. The molecule has 3 rings (SSSR count). The van der Waals surface area contributed by atoms with E-state index in [1.807, 2.05) is 0 Å². The van der Waals surface area contributed by atoms with Crippen LogP contribution in [0, 0.1) is 18.6 Å². The van der Waals surface area contributed by atoms with Gasteiger partial charge in [0.25, 0.3) is 5.56 Å². The fourth-order valence-corrected chi connectivity index (χ4v) is 3.16. The molecule has 2 N–H and O–H groups in total. The highest BCUT2D eigenvalue weighted by Gasteiger charge is 2.16. The molecule has 0 spiro atoms. The lowest BCUT2D eigenvalue weighted by Crippen LogP contribution is -2.26. The Morgan fingerprint density at radius 1 is 1.22 bits per heavy atom. The van der Waals surface area contributed by atoms with Gasteiger partial charge in [-0.3, -0.25) is 14.2 Å². The van der Waals surface area contributed by atoms with Crippen LogP contribution in [-0.2, 0) is 24.5 Å². The third-order valence-corrected chi connectivity index (χ3v) is 4.94. The maximum absolute atomic E-state index is 13.8. The van der Waals surface area contributed by atoms with Gasteiger partial charge in [0.15, 0.2) is 5.02 Å². The number of hydrogen-bond acceptors (Lipinski definition) is 5. The first-order valence-electron chi connectivity index (χ1n) is 9.57. The monoisotopic (exact) mass is 463 g/mol. The van der Waals surface area contributed by atoms with E-state index in [-0.39, 0.29) is 36.2 Å². The Labute approximate surface area is 187 Å². The number of aliphatic hydroxyl groups is 1. The lowest BCUT2D eigenvalue weighted by Gasteiger charge is -2.14. The van der Waals surface area contributed by atoms with Crippen molar-refractivity contribution in [2.75, 3.05) is 6.61 Å². The number of halogens is 3. The van der Waals surface area contributed by atoms with Crippen LogP contribution in [0.15, 0.2) is 47.3 Å². The second-order valence-corrected chi connectivity index (χ2v) is 7.33. The van der Waals surface area contributed by atoms with Gasteiger partial charge in [-0.05, 0) is 30.2 Å². The third kappa shape index (κ3) is 5.68. The van der Waals surface area contributed by atoms with E-state index >= 15 is 0 Å². The molecule has 0 bridgehead atoms. The van der Waals surface area contributed by atoms with Crippen LogP contribution in [0.5, 0.6) is 5.88 Å². The number of aliphatic hydroxyl groups excluding tert-OH is 1. The Morgan fingerprint density at radius 2 is 1.97 bits per heavy atom. The molecule has 10 heteroatoms. The maximum atomic E-state index is 13.8. The summed E-state index contributed by atoms with van der Waals surface area (Å²) in [6.45, 7) is 1.14. The zero-order valence-corrected chi connectivity index (χ0v) is 17.8. The highest BCUT2D eigenvalue weighted by atomic mass is 35.5. The smallest absolute Gasteiger partial charge is 0.276 e. The lowest BCUT2D eigenvalue weighted by atomic mass is 10.1. The van der Waals surface area contributed by atoms with Crippen molar-refractivity contribution < 1.29 is 23.4 Å². The number of benzene rings is 2. The summed E-state index contributed by atoms with van der Waals surface area (Å²) in [6.07, 6.45) is 0. The molecule has 0 saturated carbocycles. The van der Waals surface area contributed by atoms with Gasteiger partial charge in [-0.25, -0.2) is 8.78 Å². The number of ether oxygens (including phenoxy) is 1. The standard InChI is InChI=1S/C22H20ClF2N3O4/c1-13-27-21(32-12-16-5-6-17(24)8-18(16)25)20(23)22(31)28(13)10-15-4-2-3-14(7-15)9-26-19(30)11-29/h2-8,29H,9-12H2,1H3,(H,26,30). The van der Waals surface area contributed by atoms with Crippen LogP contribution in [0.2, 0.25) is 5.02 Å². The molecule has 0 unspecified atom stereocenters. The van der Waals surface area contributed by atoms with Crippen LogP contribution < -0.4 is 15.6 Å². The Balaban J connectivity index is 1.77. The normalized spacial score (nSPS) is 10.8. The second kappa shape index (κ2) is 10.3. The van der Waals surface area contributed by atoms with Gasteiger partial charge in [0.2, 0.25) is 11.8 Å². The van der Waals surface area contributed by atoms with Crippen LogP contribution >= 0.6 is 11.6 Å². The minimum absolute atomic E-state index is 0.0937. The Bertz CT molecular complexity index is 1200. The first kappa shape index (κ1) is 23.4. The largest absolute Gasteiger partial charge is 0.471 e. The zero-order chi connectivity index (χ0) is 23.3.